The number of rotatable bonds is 6. The Bertz CT molecular complexity index is 976. The van der Waals surface area contributed by atoms with Crippen LogP contribution in [-0.4, -0.2) is 33.2 Å². The Labute approximate surface area is 156 Å². The normalized spacial score (nSPS) is 11.9. The quantitative estimate of drug-likeness (QED) is 0.296. The number of benzene rings is 1. The molecule has 3 rings (SSSR count). The molecule has 134 valence electrons. The van der Waals surface area contributed by atoms with Gasteiger partial charge in [-0.3, -0.25) is 14.9 Å². The van der Waals surface area contributed by atoms with E-state index in [0.717, 1.165) is 10.2 Å². The van der Waals surface area contributed by atoms with E-state index in [1.807, 2.05) is 11.4 Å². The summed E-state index contributed by atoms with van der Waals surface area (Å²) >= 11 is 2.77. The fraction of sp³-hybridized carbons (Fsp3) is 0.188. The highest BCUT2D eigenvalue weighted by molar-refractivity contribution is 8.00. The molecule has 0 unspecified atom stereocenters. The van der Waals surface area contributed by atoms with Crippen LogP contribution in [0.25, 0.3) is 10.2 Å². The second-order valence-electron chi connectivity index (χ2n) is 5.21. The number of nitrogens with zero attached hydrogens (tertiary/aromatic N) is 3. The molecule has 26 heavy (non-hydrogen) atoms. The maximum Gasteiger partial charge on any atom is 0.296 e. The van der Waals surface area contributed by atoms with Crippen LogP contribution in [0.3, 0.4) is 0 Å². The number of ether oxygens (including phenoxy) is 1. The fourth-order valence-corrected chi connectivity index (χ4v) is 3.91. The van der Waals surface area contributed by atoms with Crippen LogP contribution >= 0.6 is 23.1 Å². The molecule has 0 radical (unpaired) electrons. The van der Waals surface area contributed by atoms with Gasteiger partial charge >= 0.3 is 0 Å². The van der Waals surface area contributed by atoms with Gasteiger partial charge in [-0.1, -0.05) is 11.8 Å². The van der Waals surface area contributed by atoms with Crippen molar-refractivity contribution in [2.75, 3.05) is 12.4 Å². The number of carbonyl (C=O) groups excluding carboxylic acids is 1. The number of nitrogens with one attached hydrogen (secondary N) is 1. The average Bonchev–Trinajstić information content (AvgIpc) is 3.11. The second kappa shape index (κ2) is 7.67. The van der Waals surface area contributed by atoms with Crippen LogP contribution in [0.5, 0.6) is 5.75 Å². The van der Waals surface area contributed by atoms with Gasteiger partial charge in [0, 0.05) is 5.39 Å². The van der Waals surface area contributed by atoms with Gasteiger partial charge in [-0.15, -0.1) is 11.3 Å². The first kappa shape index (κ1) is 18.1. The standard InChI is InChI=1S/C16H14N4O4S2/c1-9(26-16-11-5-6-25-15(11)17-8-18-16)14(21)19-12-4-3-10(24-2)7-13(12)20(22)23/h3-9H,1-2H3,(H,19,21)/t9-/m1/s1. The summed E-state index contributed by atoms with van der Waals surface area (Å²) in [6, 6.07) is 6.18. The zero-order chi connectivity index (χ0) is 18.7. The van der Waals surface area contributed by atoms with Crippen LogP contribution in [0.2, 0.25) is 0 Å². The summed E-state index contributed by atoms with van der Waals surface area (Å²) in [6.45, 7) is 1.72. The third-order valence-corrected chi connectivity index (χ3v) is 5.48. The number of hydrogen-bond donors (Lipinski definition) is 1. The first-order valence-electron chi connectivity index (χ1n) is 7.47. The minimum absolute atomic E-state index is 0.122. The fourth-order valence-electron chi connectivity index (χ4n) is 2.21. The van der Waals surface area contributed by atoms with E-state index < -0.39 is 10.2 Å². The second-order valence-corrected chi connectivity index (χ2v) is 7.43. The minimum atomic E-state index is -0.560. The Morgan fingerprint density at radius 2 is 2.19 bits per heavy atom. The van der Waals surface area contributed by atoms with Crippen LogP contribution in [0, 0.1) is 10.1 Å². The van der Waals surface area contributed by atoms with E-state index in [-0.39, 0.29) is 17.3 Å². The molecule has 3 aromatic rings. The number of nitro groups is 1. The van der Waals surface area contributed by atoms with Crippen molar-refractivity contribution < 1.29 is 14.5 Å². The summed E-state index contributed by atoms with van der Waals surface area (Å²) in [5.41, 5.74) is -0.103. The van der Waals surface area contributed by atoms with E-state index in [0.29, 0.717) is 10.8 Å². The van der Waals surface area contributed by atoms with Crippen molar-refractivity contribution in [1.29, 1.82) is 0 Å². The Kier molecular flexibility index (Phi) is 5.33. The molecule has 1 N–H and O–H groups in total. The van der Waals surface area contributed by atoms with Gasteiger partial charge in [-0.05, 0) is 30.5 Å². The van der Waals surface area contributed by atoms with Crippen molar-refractivity contribution in [1.82, 2.24) is 9.97 Å². The summed E-state index contributed by atoms with van der Waals surface area (Å²) in [6.07, 6.45) is 1.46. The molecule has 1 amide bonds. The molecule has 1 aromatic carbocycles. The lowest BCUT2D eigenvalue weighted by Crippen LogP contribution is -2.23. The Morgan fingerprint density at radius 1 is 1.38 bits per heavy atom. The molecule has 10 heteroatoms. The highest BCUT2D eigenvalue weighted by Crippen LogP contribution is 2.32. The number of thiophene rings is 1. The molecular weight excluding hydrogens is 376 g/mol. The molecule has 0 aliphatic carbocycles. The van der Waals surface area contributed by atoms with Gasteiger partial charge in [0.2, 0.25) is 5.91 Å². The van der Waals surface area contributed by atoms with Crippen LogP contribution in [0.15, 0.2) is 41.0 Å². The van der Waals surface area contributed by atoms with Crippen LogP contribution in [-0.2, 0) is 4.79 Å². The molecular formula is C16H14N4O4S2. The molecule has 0 aliphatic heterocycles. The largest absolute Gasteiger partial charge is 0.496 e. The maximum atomic E-state index is 12.5. The monoisotopic (exact) mass is 390 g/mol. The van der Waals surface area contributed by atoms with Gasteiger partial charge in [-0.2, -0.15) is 0 Å². The lowest BCUT2D eigenvalue weighted by molar-refractivity contribution is -0.384. The third kappa shape index (κ3) is 3.75. The third-order valence-electron chi connectivity index (χ3n) is 3.54. The number of hydrogen-bond acceptors (Lipinski definition) is 8. The zero-order valence-electron chi connectivity index (χ0n) is 13.8. The topological polar surface area (TPSA) is 107 Å². The molecule has 8 nitrogen and oxygen atoms in total. The zero-order valence-corrected chi connectivity index (χ0v) is 15.5. The SMILES string of the molecule is COc1ccc(NC(=O)[C@@H](C)Sc2ncnc3sccc23)c([N+](=O)[O-])c1. The molecule has 0 fully saturated rings. The Hall–Kier alpha value is -2.72. The maximum absolute atomic E-state index is 12.5. The molecule has 2 heterocycles. The van der Waals surface area contributed by atoms with E-state index >= 15 is 0 Å². The molecule has 0 spiro atoms. The van der Waals surface area contributed by atoms with E-state index in [1.165, 1.54) is 48.7 Å². The lowest BCUT2D eigenvalue weighted by Gasteiger charge is -2.12. The van der Waals surface area contributed by atoms with Crippen molar-refractivity contribution >= 4 is 50.6 Å². The van der Waals surface area contributed by atoms with Gasteiger partial charge in [0.1, 0.15) is 27.6 Å². The van der Waals surface area contributed by atoms with Crippen LogP contribution < -0.4 is 10.1 Å². The van der Waals surface area contributed by atoms with E-state index in [4.69, 9.17) is 4.74 Å². The van der Waals surface area contributed by atoms with E-state index in [2.05, 4.69) is 15.3 Å². The highest BCUT2D eigenvalue weighted by Gasteiger charge is 2.22. The van der Waals surface area contributed by atoms with Crippen molar-refractivity contribution in [3.8, 4) is 5.75 Å². The average molecular weight is 390 g/mol. The van der Waals surface area contributed by atoms with Gasteiger partial charge < -0.3 is 10.1 Å². The number of carbonyl (C=O) groups is 1. The number of thioether (sulfide) groups is 1. The Morgan fingerprint density at radius 3 is 2.92 bits per heavy atom. The summed E-state index contributed by atoms with van der Waals surface area (Å²) in [5.74, 6) is -0.0109. The molecule has 2 aromatic heterocycles. The first-order valence-corrected chi connectivity index (χ1v) is 9.23. The van der Waals surface area contributed by atoms with Crippen molar-refractivity contribution in [3.63, 3.8) is 0 Å². The van der Waals surface area contributed by atoms with Crippen molar-refractivity contribution in [3.05, 3.63) is 46.1 Å². The predicted molar refractivity (Wildman–Crippen MR) is 101 cm³/mol. The Balaban J connectivity index is 1.77. The van der Waals surface area contributed by atoms with Gasteiger partial charge in [0.25, 0.3) is 5.69 Å². The first-order chi connectivity index (χ1) is 12.5. The number of amides is 1. The van der Waals surface area contributed by atoms with Crippen LogP contribution in [0.4, 0.5) is 11.4 Å². The van der Waals surface area contributed by atoms with Gasteiger partial charge in [0.15, 0.2) is 0 Å². The van der Waals surface area contributed by atoms with E-state index in [1.54, 1.807) is 13.0 Å². The summed E-state index contributed by atoms with van der Waals surface area (Å²) in [4.78, 5) is 32.4. The van der Waals surface area contributed by atoms with Crippen LogP contribution in [0.1, 0.15) is 6.92 Å². The molecule has 0 bridgehead atoms. The summed E-state index contributed by atoms with van der Waals surface area (Å²) < 4.78 is 4.99. The summed E-state index contributed by atoms with van der Waals surface area (Å²) in [5, 5.41) is 16.8. The predicted octanol–water partition coefficient (Wildman–Crippen LogP) is 3.73. The number of aromatic nitrogens is 2. The van der Waals surface area contributed by atoms with E-state index in [9.17, 15) is 14.9 Å². The summed E-state index contributed by atoms with van der Waals surface area (Å²) in [7, 11) is 1.42. The molecule has 0 aliphatic rings. The smallest absolute Gasteiger partial charge is 0.296 e. The minimum Gasteiger partial charge on any atom is -0.496 e. The molecule has 0 saturated carbocycles. The number of anilines is 1. The van der Waals surface area contributed by atoms with Gasteiger partial charge in [0.05, 0.1) is 23.3 Å². The number of fused-ring (bicyclic) bond motifs is 1. The highest BCUT2D eigenvalue weighted by atomic mass is 32.2. The molecule has 1 atom stereocenters. The number of nitro benzene ring substituents is 1. The molecule has 0 saturated heterocycles. The number of methoxy groups -OCH3 is 1. The van der Waals surface area contributed by atoms with Crippen molar-refractivity contribution in [2.45, 2.75) is 17.2 Å². The lowest BCUT2D eigenvalue weighted by atomic mass is 10.2. The van der Waals surface area contributed by atoms with Crippen molar-refractivity contribution in [2.24, 2.45) is 0 Å². The van der Waals surface area contributed by atoms with Gasteiger partial charge in [-0.25, -0.2) is 9.97 Å².